The number of amides is 2. The smallest absolute Gasteiger partial charge is 0.259 e. The van der Waals surface area contributed by atoms with Gasteiger partial charge >= 0.3 is 0 Å². The zero-order chi connectivity index (χ0) is 15.2. The van der Waals surface area contributed by atoms with Crippen LogP contribution in [0.25, 0.3) is 0 Å². The summed E-state index contributed by atoms with van der Waals surface area (Å²) < 4.78 is 25.5. The summed E-state index contributed by atoms with van der Waals surface area (Å²) in [5.74, 6) is -1.13. The van der Waals surface area contributed by atoms with Crippen LogP contribution in [0.4, 0.5) is 0 Å². The highest BCUT2D eigenvalue weighted by atomic mass is 32.2. The minimum absolute atomic E-state index is 0.154. The van der Waals surface area contributed by atoms with E-state index in [1.54, 1.807) is 19.1 Å². The molecule has 0 radical (unpaired) electrons. The highest BCUT2D eigenvalue weighted by molar-refractivity contribution is 7.91. The second-order valence-electron chi connectivity index (χ2n) is 5.87. The largest absolute Gasteiger partial charge is 0.341 e. The van der Waals surface area contributed by atoms with Crippen LogP contribution in [0.1, 0.15) is 40.0 Å². The third-order valence-corrected chi connectivity index (χ3v) is 6.23. The Labute approximate surface area is 119 Å². The first kappa shape index (κ1) is 15.0. The van der Waals surface area contributed by atoms with Crippen molar-refractivity contribution in [1.82, 2.24) is 10.0 Å². The third kappa shape index (κ3) is 2.46. The molecule has 2 saturated carbocycles. The number of carbonyl (C=O) groups is 2. The number of sulfonamides is 1. The monoisotopic (exact) mass is 300 g/mol. The summed E-state index contributed by atoms with van der Waals surface area (Å²) >= 11 is 0. The molecule has 2 atom stereocenters. The Morgan fingerprint density at radius 2 is 1.90 bits per heavy atom. The molecule has 2 aliphatic rings. The first-order chi connectivity index (χ1) is 9.17. The van der Waals surface area contributed by atoms with E-state index in [1.165, 1.54) is 6.92 Å². The van der Waals surface area contributed by atoms with Gasteiger partial charge in [0.05, 0.1) is 4.75 Å². The maximum Gasteiger partial charge on any atom is 0.259 e. The topological polar surface area (TPSA) is 92.3 Å². The van der Waals surface area contributed by atoms with Crippen molar-refractivity contribution in [3.63, 3.8) is 0 Å². The quantitative estimate of drug-likeness (QED) is 0.721. The predicted molar refractivity (Wildman–Crippen MR) is 74.2 cm³/mol. The first-order valence-electron chi connectivity index (χ1n) is 6.65. The molecule has 0 bridgehead atoms. The number of nitrogens with one attached hydrogen (secondary N) is 2. The van der Waals surface area contributed by atoms with Gasteiger partial charge in [0.15, 0.2) is 0 Å². The molecule has 6 nitrogen and oxygen atoms in total. The van der Waals surface area contributed by atoms with Crippen molar-refractivity contribution in [2.45, 2.75) is 50.3 Å². The van der Waals surface area contributed by atoms with E-state index in [0.717, 1.165) is 0 Å². The number of allylic oxidation sites excluding steroid dienone is 1. The van der Waals surface area contributed by atoms with E-state index in [1.807, 2.05) is 6.92 Å². The molecule has 2 rings (SSSR count). The van der Waals surface area contributed by atoms with Crippen molar-refractivity contribution in [1.29, 1.82) is 0 Å². The van der Waals surface area contributed by atoms with Crippen molar-refractivity contribution in [3.8, 4) is 0 Å². The zero-order valence-electron chi connectivity index (χ0n) is 11.9. The molecule has 0 saturated heterocycles. The van der Waals surface area contributed by atoms with Crippen molar-refractivity contribution in [2.24, 2.45) is 5.92 Å². The Morgan fingerprint density at radius 3 is 2.35 bits per heavy atom. The van der Waals surface area contributed by atoms with E-state index < -0.39 is 26.2 Å². The minimum atomic E-state index is -3.68. The van der Waals surface area contributed by atoms with E-state index in [-0.39, 0.29) is 11.8 Å². The van der Waals surface area contributed by atoms with Crippen LogP contribution in [-0.4, -0.2) is 30.5 Å². The maximum atomic E-state index is 12.3. The van der Waals surface area contributed by atoms with E-state index in [9.17, 15) is 18.0 Å². The fourth-order valence-electron chi connectivity index (χ4n) is 2.31. The summed E-state index contributed by atoms with van der Waals surface area (Å²) in [5.41, 5.74) is -1.11. The van der Waals surface area contributed by atoms with Gasteiger partial charge in [0, 0.05) is 12.8 Å². The lowest BCUT2D eigenvalue weighted by Gasteiger charge is -2.19. The van der Waals surface area contributed by atoms with Gasteiger partial charge in [-0.2, -0.15) is 0 Å². The fraction of sp³-hybridized carbons (Fsp3) is 0.692. The average Bonchev–Trinajstić information content (AvgIpc) is 3.18. The molecule has 0 aliphatic heterocycles. The Kier molecular flexibility index (Phi) is 3.44. The zero-order valence-corrected chi connectivity index (χ0v) is 12.7. The van der Waals surface area contributed by atoms with Gasteiger partial charge in [-0.15, -0.1) is 0 Å². The van der Waals surface area contributed by atoms with Crippen LogP contribution in [0, 0.1) is 5.92 Å². The van der Waals surface area contributed by atoms with Crippen molar-refractivity contribution in [2.75, 3.05) is 0 Å². The molecule has 0 aromatic heterocycles. The van der Waals surface area contributed by atoms with Crippen LogP contribution in [0.15, 0.2) is 12.2 Å². The normalized spacial score (nSPS) is 30.9. The summed E-state index contributed by atoms with van der Waals surface area (Å²) in [7, 11) is -3.68. The van der Waals surface area contributed by atoms with Gasteiger partial charge in [0.1, 0.15) is 5.54 Å². The molecule has 0 spiro atoms. The molecule has 20 heavy (non-hydrogen) atoms. The molecule has 2 unspecified atom stereocenters. The van der Waals surface area contributed by atoms with Crippen LogP contribution in [0.2, 0.25) is 0 Å². The van der Waals surface area contributed by atoms with Crippen LogP contribution in [-0.2, 0) is 19.6 Å². The average molecular weight is 300 g/mol. The highest BCUT2D eigenvalue weighted by Crippen LogP contribution is 2.46. The van der Waals surface area contributed by atoms with Gasteiger partial charge in [0.2, 0.25) is 15.9 Å². The Bertz CT molecular complexity index is 577. The molecule has 2 N–H and O–H groups in total. The van der Waals surface area contributed by atoms with E-state index in [2.05, 4.69) is 10.0 Å². The van der Waals surface area contributed by atoms with E-state index in [0.29, 0.717) is 19.3 Å². The van der Waals surface area contributed by atoms with Crippen molar-refractivity contribution in [3.05, 3.63) is 12.2 Å². The summed E-state index contributed by atoms with van der Waals surface area (Å²) in [5, 5.41) is 2.59. The van der Waals surface area contributed by atoms with Crippen LogP contribution in [0.5, 0.6) is 0 Å². The molecule has 0 heterocycles. The second-order valence-corrected chi connectivity index (χ2v) is 8.07. The van der Waals surface area contributed by atoms with Gasteiger partial charge in [-0.1, -0.05) is 12.2 Å². The Morgan fingerprint density at radius 1 is 1.30 bits per heavy atom. The van der Waals surface area contributed by atoms with Crippen LogP contribution < -0.4 is 10.0 Å². The van der Waals surface area contributed by atoms with Gasteiger partial charge in [-0.05, 0) is 33.1 Å². The van der Waals surface area contributed by atoms with Gasteiger partial charge in [0.25, 0.3) is 5.91 Å². The van der Waals surface area contributed by atoms with E-state index in [4.69, 9.17) is 0 Å². The lowest BCUT2D eigenvalue weighted by molar-refractivity contribution is -0.128. The SMILES string of the molecule is CC=CC1CC1(NC(C)=O)C(=O)NS(=O)(=O)C1(C)CC1. The van der Waals surface area contributed by atoms with Crippen LogP contribution in [0.3, 0.4) is 0 Å². The molecule has 112 valence electrons. The molecular weight excluding hydrogens is 280 g/mol. The Hall–Kier alpha value is -1.37. The summed E-state index contributed by atoms with van der Waals surface area (Å²) in [6.45, 7) is 4.75. The van der Waals surface area contributed by atoms with Crippen molar-refractivity contribution < 1.29 is 18.0 Å². The number of rotatable bonds is 5. The molecular formula is C13H20N2O4S. The lowest BCUT2D eigenvalue weighted by atomic mass is 10.2. The van der Waals surface area contributed by atoms with Crippen molar-refractivity contribution >= 4 is 21.8 Å². The highest BCUT2D eigenvalue weighted by Gasteiger charge is 2.61. The standard InChI is InChI=1S/C13H20N2O4S/c1-4-5-10-8-13(10,14-9(2)16)11(17)15-20(18,19)12(3)6-7-12/h4-5,10H,6-8H2,1-3H3,(H,14,16)(H,15,17). The first-order valence-corrected chi connectivity index (χ1v) is 8.13. The summed E-state index contributed by atoms with van der Waals surface area (Å²) in [4.78, 5) is 23.6. The summed E-state index contributed by atoms with van der Waals surface area (Å²) in [6.07, 6.45) is 5.14. The molecule has 7 heteroatoms. The van der Waals surface area contributed by atoms with Gasteiger partial charge in [-0.25, -0.2) is 8.42 Å². The predicted octanol–water partition coefficient (Wildman–Crippen LogP) is 0.456. The number of hydrogen-bond donors (Lipinski definition) is 2. The molecule has 0 aromatic rings. The second kappa shape index (κ2) is 4.58. The molecule has 2 aliphatic carbocycles. The number of hydrogen-bond acceptors (Lipinski definition) is 4. The molecule has 2 fully saturated rings. The van der Waals surface area contributed by atoms with Crippen LogP contribution >= 0.6 is 0 Å². The fourth-order valence-corrected chi connectivity index (χ4v) is 3.62. The third-order valence-electron chi connectivity index (χ3n) is 4.07. The molecule has 2 amide bonds. The number of carbonyl (C=O) groups excluding carboxylic acids is 2. The van der Waals surface area contributed by atoms with Gasteiger partial charge in [-0.3, -0.25) is 14.3 Å². The Balaban J connectivity index is 2.15. The maximum absolute atomic E-state index is 12.3. The minimum Gasteiger partial charge on any atom is -0.341 e. The summed E-state index contributed by atoms with van der Waals surface area (Å²) in [6, 6.07) is 0. The molecule has 0 aromatic carbocycles. The van der Waals surface area contributed by atoms with Gasteiger partial charge < -0.3 is 5.32 Å². The lowest BCUT2D eigenvalue weighted by Crippen LogP contribution is -2.53. The van der Waals surface area contributed by atoms with E-state index >= 15 is 0 Å².